The Balaban J connectivity index is 1.39. The van der Waals surface area contributed by atoms with Gasteiger partial charge >= 0.3 is 12.1 Å². The van der Waals surface area contributed by atoms with Crippen molar-refractivity contribution in [3.8, 4) is 5.75 Å². The van der Waals surface area contributed by atoms with Crippen LogP contribution in [0.2, 0.25) is 0 Å². The minimum atomic E-state index is -4.39. The molecular formula is C18H21F3N2O4. The van der Waals surface area contributed by atoms with Gasteiger partial charge in [0.2, 0.25) is 5.91 Å². The summed E-state index contributed by atoms with van der Waals surface area (Å²) in [7, 11) is 0. The summed E-state index contributed by atoms with van der Waals surface area (Å²) in [5, 5.41) is 11.9. The van der Waals surface area contributed by atoms with Crippen molar-refractivity contribution in [2.24, 2.45) is 5.92 Å². The van der Waals surface area contributed by atoms with E-state index in [0.717, 1.165) is 25.0 Å². The molecule has 0 aromatic heterocycles. The molecule has 1 aromatic rings. The normalized spacial score (nSPS) is 24.8. The molecular weight excluding hydrogens is 365 g/mol. The number of amides is 1. The lowest BCUT2D eigenvalue weighted by Crippen LogP contribution is -2.42. The van der Waals surface area contributed by atoms with E-state index < -0.39 is 23.6 Å². The van der Waals surface area contributed by atoms with Crippen LogP contribution in [0.25, 0.3) is 0 Å². The van der Waals surface area contributed by atoms with Crippen molar-refractivity contribution < 1.29 is 32.6 Å². The van der Waals surface area contributed by atoms with Gasteiger partial charge in [-0.05, 0) is 43.5 Å². The van der Waals surface area contributed by atoms with E-state index >= 15 is 0 Å². The number of halogens is 3. The fourth-order valence-corrected chi connectivity index (χ4v) is 3.93. The molecule has 0 aliphatic carbocycles. The minimum Gasteiger partial charge on any atom is -0.492 e. The number of hydrogen-bond donors (Lipinski definition) is 2. The summed E-state index contributed by atoms with van der Waals surface area (Å²) in [4.78, 5) is 25.3. The monoisotopic (exact) mass is 386 g/mol. The molecule has 3 rings (SSSR count). The third kappa shape index (κ3) is 4.52. The van der Waals surface area contributed by atoms with E-state index in [9.17, 15) is 27.9 Å². The van der Waals surface area contributed by atoms with Crippen LogP contribution in [-0.2, 0) is 15.8 Å². The average Bonchev–Trinajstić information content (AvgIpc) is 3.15. The molecule has 2 saturated heterocycles. The van der Waals surface area contributed by atoms with Crippen LogP contribution in [0.3, 0.4) is 0 Å². The van der Waals surface area contributed by atoms with E-state index in [4.69, 9.17) is 4.74 Å². The molecule has 2 aliphatic rings. The zero-order valence-electron chi connectivity index (χ0n) is 14.5. The van der Waals surface area contributed by atoms with Crippen molar-refractivity contribution in [2.75, 3.05) is 19.7 Å². The highest BCUT2D eigenvalue weighted by Gasteiger charge is 2.49. The lowest BCUT2D eigenvalue weighted by Gasteiger charge is -2.22. The third-order valence-corrected chi connectivity index (χ3v) is 5.20. The largest absolute Gasteiger partial charge is 0.492 e. The van der Waals surface area contributed by atoms with Crippen LogP contribution in [0.5, 0.6) is 5.75 Å². The Bertz CT molecular complexity index is 693. The summed E-state index contributed by atoms with van der Waals surface area (Å²) in [6, 6.07) is 4.41. The number of carbonyl (C=O) groups is 2. The fraction of sp³-hybridized carbons (Fsp3) is 0.556. The lowest BCUT2D eigenvalue weighted by atomic mass is 9.89. The van der Waals surface area contributed by atoms with E-state index in [-0.39, 0.29) is 37.7 Å². The van der Waals surface area contributed by atoms with E-state index in [2.05, 4.69) is 5.32 Å². The van der Waals surface area contributed by atoms with Crippen LogP contribution in [0.4, 0.5) is 13.2 Å². The Hall–Kier alpha value is -2.29. The van der Waals surface area contributed by atoms with Crippen LogP contribution in [0.15, 0.2) is 24.3 Å². The van der Waals surface area contributed by atoms with Crippen LogP contribution < -0.4 is 10.1 Å². The van der Waals surface area contributed by atoms with Gasteiger partial charge in [0.15, 0.2) is 0 Å². The molecule has 0 radical (unpaired) electrons. The Labute approximate surface area is 154 Å². The number of nitrogens with zero attached hydrogens (tertiary/aromatic N) is 1. The highest BCUT2D eigenvalue weighted by atomic mass is 19.4. The van der Waals surface area contributed by atoms with Crippen LogP contribution in [-0.4, -0.2) is 53.7 Å². The maximum atomic E-state index is 12.5. The first kappa shape index (κ1) is 19.5. The number of carbonyl (C=O) groups excluding carboxylic acids is 1. The van der Waals surface area contributed by atoms with Gasteiger partial charge < -0.3 is 15.2 Å². The van der Waals surface area contributed by atoms with Gasteiger partial charge in [0.05, 0.1) is 24.6 Å². The number of carboxylic acid groups (broad SMARTS) is 1. The Kier molecular flexibility index (Phi) is 5.59. The Morgan fingerprint density at radius 3 is 2.52 bits per heavy atom. The summed E-state index contributed by atoms with van der Waals surface area (Å²) in [5.41, 5.74) is -0.747. The molecule has 148 valence electrons. The Morgan fingerprint density at radius 1 is 1.22 bits per heavy atom. The molecule has 1 aromatic carbocycles. The summed E-state index contributed by atoms with van der Waals surface area (Å²) >= 11 is 0. The second kappa shape index (κ2) is 7.75. The smallest absolute Gasteiger partial charge is 0.416 e. The fourth-order valence-electron chi connectivity index (χ4n) is 3.93. The molecule has 6 nitrogen and oxygen atoms in total. The number of nitrogens with one attached hydrogen (secondary N) is 1. The molecule has 2 heterocycles. The van der Waals surface area contributed by atoms with Crippen molar-refractivity contribution in [2.45, 2.75) is 37.5 Å². The quantitative estimate of drug-likeness (QED) is 0.702. The number of carboxylic acids is 1. The molecule has 2 bridgehead atoms. The zero-order valence-corrected chi connectivity index (χ0v) is 14.5. The first-order valence-electron chi connectivity index (χ1n) is 8.81. The molecule has 0 saturated carbocycles. The summed E-state index contributed by atoms with van der Waals surface area (Å²) < 4.78 is 42.8. The van der Waals surface area contributed by atoms with E-state index in [1.807, 2.05) is 4.90 Å². The van der Waals surface area contributed by atoms with Gasteiger partial charge in [-0.1, -0.05) is 0 Å². The number of aliphatic carboxylic acids is 1. The SMILES string of the molecule is O=C(CN1C2CCC1C(C(=O)O)C2)NCCOc1ccc(C(F)(F)F)cc1. The second-order valence-corrected chi connectivity index (χ2v) is 6.87. The van der Waals surface area contributed by atoms with Crippen molar-refractivity contribution in [3.63, 3.8) is 0 Å². The topological polar surface area (TPSA) is 78.9 Å². The van der Waals surface area contributed by atoms with Crippen molar-refractivity contribution in [3.05, 3.63) is 29.8 Å². The first-order chi connectivity index (χ1) is 12.8. The van der Waals surface area contributed by atoms with Gasteiger partial charge in [-0.2, -0.15) is 13.2 Å². The van der Waals surface area contributed by atoms with E-state index in [1.54, 1.807) is 0 Å². The minimum absolute atomic E-state index is 0.0818. The molecule has 3 atom stereocenters. The predicted octanol–water partition coefficient (Wildman–Crippen LogP) is 2.14. The van der Waals surface area contributed by atoms with Crippen LogP contribution in [0.1, 0.15) is 24.8 Å². The molecule has 0 spiro atoms. The number of alkyl halides is 3. The summed E-state index contributed by atoms with van der Waals surface area (Å²) in [6.45, 7) is 0.493. The van der Waals surface area contributed by atoms with E-state index in [0.29, 0.717) is 12.2 Å². The average molecular weight is 386 g/mol. The third-order valence-electron chi connectivity index (χ3n) is 5.20. The van der Waals surface area contributed by atoms with Gasteiger partial charge in [-0.25, -0.2) is 0 Å². The Morgan fingerprint density at radius 2 is 1.93 bits per heavy atom. The lowest BCUT2D eigenvalue weighted by molar-refractivity contribution is -0.143. The number of hydrogen-bond acceptors (Lipinski definition) is 4. The summed E-state index contributed by atoms with van der Waals surface area (Å²) in [6.07, 6.45) is -2.09. The van der Waals surface area contributed by atoms with Crippen LogP contribution >= 0.6 is 0 Å². The van der Waals surface area contributed by atoms with Crippen molar-refractivity contribution >= 4 is 11.9 Å². The molecule has 2 N–H and O–H groups in total. The molecule has 1 amide bonds. The van der Waals surface area contributed by atoms with Crippen molar-refractivity contribution in [1.29, 1.82) is 0 Å². The van der Waals surface area contributed by atoms with Gasteiger partial charge in [0, 0.05) is 12.1 Å². The maximum Gasteiger partial charge on any atom is 0.416 e. The molecule has 9 heteroatoms. The van der Waals surface area contributed by atoms with Gasteiger partial charge in [0.25, 0.3) is 0 Å². The first-order valence-corrected chi connectivity index (χ1v) is 8.81. The molecule has 27 heavy (non-hydrogen) atoms. The predicted molar refractivity (Wildman–Crippen MR) is 89.2 cm³/mol. The van der Waals surface area contributed by atoms with Gasteiger partial charge in [-0.15, -0.1) is 0 Å². The van der Waals surface area contributed by atoms with E-state index in [1.165, 1.54) is 12.1 Å². The number of benzene rings is 1. The number of fused-ring (bicyclic) bond motifs is 2. The molecule has 2 fully saturated rings. The maximum absolute atomic E-state index is 12.5. The standard InChI is InChI=1S/C18H21F3N2O4/c19-18(20,21)11-1-4-13(5-2-11)27-8-7-22-16(24)10-23-12-3-6-15(23)14(9-12)17(25)26/h1-2,4-5,12,14-15H,3,6-10H2,(H,22,24)(H,25,26). The highest BCUT2D eigenvalue weighted by molar-refractivity contribution is 5.78. The second-order valence-electron chi connectivity index (χ2n) is 6.87. The highest BCUT2D eigenvalue weighted by Crippen LogP contribution is 2.41. The van der Waals surface area contributed by atoms with Crippen LogP contribution in [0, 0.1) is 5.92 Å². The number of rotatable bonds is 7. The molecule has 2 aliphatic heterocycles. The molecule has 3 unspecified atom stereocenters. The zero-order chi connectivity index (χ0) is 19.6. The van der Waals surface area contributed by atoms with Gasteiger partial charge in [-0.3, -0.25) is 14.5 Å². The number of ether oxygens (including phenoxy) is 1. The van der Waals surface area contributed by atoms with Gasteiger partial charge in [0.1, 0.15) is 12.4 Å². The summed E-state index contributed by atoms with van der Waals surface area (Å²) in [5.74, 6) is -1.13. The van der Waals surface area contributed by atoms with Crippen molar-refractivity contribution in [1.82, 2.24) is 10.2 Å².